The fraction of sp³-hybridized carbons (Fsp3) is 0.174. The standard InChI is InChI=1S/C23H25N5O4S/c24-12-10-21(27-19-4-2-1-3-5-19)23(25)22(29)11-13-26-18-6-8-20(9-7-18)33(30,31)28-14-16-32-17-15-28/h1-13,25-26H,14-17,24H2. The quantitative estimate of drug-likeness (QED) is 0.383. The third-order valence-corrected chi connectivity index (χ3v) is 6.62. The van der Waals surface area contributed by atoms with Crippen LogP contribution in [0.1, 0.15) is 0 Å². The Morgan fingerprint density at radius 1 is 1.06 bits per heavy atom. The summed E-state index contributed by atoms with van der Waals surface area (Å²) < 4.78 is 31.9. The van der Waals surface area contributed by atoms with Gasteiger partial charge in [-0.1, -0.05) is 18.2 Å². The number of morpholine rings is 1. The van der Waals surface area contributed by atoms with Gasteiger partial charge in [-0.2, -0.15) is 4.31 Å². The Hall–Kier alpha value is -3.60. The van der Waals surface area contributed by atoms with Crippen LogP contribution < -0.4 is 11.1 Å². The summed E-state index contributed by atoms with van der Waals surface area (Å²) in [5, 5.41) is 11.0. The third-order valence-electron chi connectivity index (χ3n) is 4.71. The van der Waals surface area contributed by atoms with E-state index in [4.69, 9.17) is 15.9 Å². The van der Waals surface area contributed by atoms with Gasteiger partial charge in [0.25, 0.3) is 0 Å². The Morgan fingerprint density at radius 3 is 2.36 bits per heavy atom. The summed E-state index contributed by atoms with van der Waals surface area (Å²) in [6.45, 7) is 1.42. The van der Waals surface area contributed by atoms with Crippen LogP contribution in [0.4, 0.5) is 11.4 Å². The molecule has 0 bridgehead atoms. The summed E-state index contributed by atoms with van der Waals surface area (Å²) in [6, 6.07) is 15.2. The van der Waals surface area contributed by atoms with Crippen LogP contribution >= 0.6 is 0 Å². The van der Waals surface area contributed by atoms with E-state index in [1.165, 1.54) is 41.0 Å². The number of nitrogens with zero attached hydrogens (tertiary/aromatic N) is 2. The van der Waals surface area contributed by atoms with Gasteiger partial charge in [0.2, 0.25) is 15.8 Å². The molecule has 1 fully saturated rings. The first-order valence-electron chi connectivity index (χ1n) is 10.2. The van der Waals surface area contributed by atoms with E-state index >= 15 is 0 Å². The predicted octanol–water partition coefficient (Wildman–Crippen LogP) is 2.47. The van der Waals surface area contributed by atoms with E-state index in [2.05, 4.69) is 10.3 Å². The van der Waals surface area contributed by atoms with Crippen LogP contribution in [0, 0.1) is 5.41 Å². The smallest absolute Gasteiger partial charge is 0.243 e. The van der Waals surface area contributed by atoms with E-state index in [0.717, 1.165) is 0 Å². The molecule has 0 aromatic heterocycles. The number of hydrogen-bond donors (Lipinski definition) is 3. The fourth-order valence-electron chi connectivity index (χ4n) is 2.99. The number of rotatable bonds is 9. The maximum absolute atomic E-state index is 12.7. The van der Waals surface area contributed by atoms with Gasteiger partial charge in [-0.25, -0.2) is 13.4 Å². The number of nitrogens with two attached hydrogens (primary N) is 1. The van der Waals surface area contributed by atoms with Crippen molar-refractivity contribution in [3.63, 3.8) is 0 Å². The SMILES string of the molecule is N=C(C(=O)C=CNc1ccc(S(=O)(=O)N2CCOCC2)cc1)C(C=CN)=Nc1ccccc1. The number of hydrogen-bond acceptors (Lipinski definition) is 8. The molecule has 1 aliphatic rings. The highest BCUT2D eigenvalue weighted by Gasteiger charge is 2.26. The molecule has 0 radical (unpaired) electrons. The number of benzene rings is 2. The Labute approximate surface area is 192 Å². The van der Waals surface area contributed by atoms with Crippen molar-refractivity contribution >= 4 is 38.6 Å². The van der Waals surface area contributed by atoms with E-state index in [1.54, 1.807) is 36.4 Å². The molecule has 2 aromatic rings. The number of ketones is 1. The summed E-state index contributed by atoms with van der Waals surface area (Å²) in [7, 11) is -3.57. The molecule has 0 spiro atoms. The van der Waals surface area contributed by atoms with Crippen molar-refractivity contribution < 1.29 is 17.9 Å². The van der Waals surface area contributed by atoms with Gasteiger partial charge in [-0.15, -0.1) is 0 Å². The normalized spacial score (nSPS) is 15.7. The van der Waals surface area contributed by atoms with Crippen LogP contribution in [0.3, 0.4) is 0 Å². The van der Waals surface area contributed by atoms with Crippen molar-refractivity contribution in [2.45, 2.75) is 4.90 Å². The van der Waals surface area contributed by atoms with Crippen LogP contribution in [0.25, 0.3) is 0 Å². The lowest BCUT2D eigenvalue weighted by molar-refractivity contribution is -0.108. The van der Waals surface area contributed by atoms with Gasteiger partial charge in [-0.3, -0.25) is 10.2 Å². The molecule has 2 aromatic carbocycles. The first kappa shape index (κ1) is 24.1. The second kappa shape index (κ2) is 11.3. The summed E-state index contributed by atoms with van der Waals surface area (Å²) in [5.74, 6) is -0.568. The van der Waals surface area contributed by atoms with Crippen LogP contribution in [-0.2, 0) is 19.6 Å². The van der Waals surface area contributed by atoms with Crippen molar-refractivity contribution in [3.8, 4) is 0 Å². The summed E-state index contributed by atoms with van der Waals surface area (Å²) >= 11 is 0. The molecule has 4 N–H and O–H groups in total. The van der Waals surface area contributed by atoms with Crippen LogP contribution in [0.2, 0.25) is 0 Å². The van der Waals surface area contributed by atoms with E-state index in [-0.39, 0.29) is 16.3 Å². The van der Waals surface area contributed by atoms with E-state index in [1.807, 2.05) is 6.07 Å². The monoisotopic (exact) mass is 467 g/mol. The molecule has 1 aliphatic heterocycles. The fourth-order valence-corrected chi connectivity index (χ4v) is 4.40. The maximum atomic E-state index is 12.7. The Balaban J connectivity index is 1.63. The minimum Gasteiger partial charge on any atom is -0.405 e. The lowest BCUT2D eigenvalue weighted by atomic mass is 10.1. The Bertz CT molecular complexity index is 1170. The highest BCUT2D eigenvalue weighted by atomic mass is 32.2. The third kappa shape index (κ3) is 6.45. The van der Waals surface area contributed by atoms with Crippen molar-refractivity contribution in [3.05, 3.63) is 79.1 Å². The van der Waals surface area contributed by atoms with Gasteiger partial charge in [0.05, 0.1) is 29.5 Å². The highest BCUT2D eigenvalue weighted by Crippen LogP contribution is 2.19. The second-order valence-corrected chi connectivity index (χ2v) is 8.89. The predicted molar refractivity (Wildman–Crippen MR) is 128 cm³/mol. The average Bonchev–Trinajstić information content (AvgIpc) is 2.85. The molecule has 0 atom stereocenters. The molecular weight excluding hydrogens is 442 g/mol. The largest absolute Gasteiger partial charge is 0.405 e. The van der Waals surface area contributed by atoms with E-state index < -0.39 is 15.8 Å². The molecule has 1 heterocycles. The lowest BCUT2D eigenvalue weighted by Crippen LogP contribution is -2.40. The van der Waals surface area contributed by atoms with Crippen molar-refractivity contribution in [2.75, 3.05) is 31.6 Å². The number of nitrogens with one attached hydrogen (secondary N) is 2. The van der Waals surface area contributed by atoms with Gasteiger partial charge < -0.3 is 15.8 Å². The number of para-hydroxylation sites is 1. The number of sulfonamides is 1. The minimum absolute atomic E-state index is 0.135. The summed E-state index contributed by atoms with van der Waals surface area (Å²) in [5.41, 5.74) is 6.44. The van der Waals surface area contributed by atoms with E-state index in [0.29, 0.717) is 37.7 Å². The molecule has 3 rings (SSSR count). The van der Waals surface area contributed by atoms with Crippen molar-refractivity contribution in [1.82, 2.24) is 4.31 Å². The van der Waals surface area contributed by atoms with Crippen molar-refractivity contribution in [2.24, 2.45) is 10.7 Å². The Morgan fingerprint density at radius 2 is 1.73 bits per heavy atom. The number of carbonyl (C=O) groups excluding carboxylic acids is 1. The maximum Gasteiger partial charge on any atom is 0.243 e. The average molecular weight is 468 g/mol. The molecule has 9 nitrogen and oxygen atoms in total. The Kier molecular flexibility index (Phi) is 8.25. The van der Waals surface area contributed by atoms with Crippen LogP contribution in [0.15, 0.2) is 89.0 Å². The zero-order valence-corrected chi connectivity index (χ0v) is 18.7. The van der Waals surface area contributed by atoms with Crippen molar-refractivity contribution in [1.29, 1.82) is 5.41 Å². The first-order valence-corrected chi connectivity index (χ1v) is 11.6. The zero-order chi connectivity index (χ0) is 23.7. The number of anilines is 1. The number of ether oxygens (including phenoxy) is 1. The van der Waals surface area contributed by atoms with Crippen LogP contribution in [0.5, 0.6) is 0 Å². The molecule has 1 saturated heterocycles. The summed E-state index contributed by atoms with van der Waals surface area (Å²) in [6.07, 6.45) is 5.19. The number of allylic oxidation sites excluding steroid dienone is 2. The molecular formula is C23H25N5O4S. The molecule has 172 valence electrons. The van der Waals surface area contributed by atoms with Gasteiger partial charge in [-0.05, 0) is 48.7 Å². The molecule has 33 heavy (non-hydrogen) atoms. The zero-order valence-electron chi connectivity index (χ0n) is 17.8. The molecule has 0 aliphatic carbocycles. The van der Waals surface area contributed by atoms with Gasteiger partial charge >= 0.3 is 0 Å². The lowest BCUT2D eigenvalue weighted by Gasteiger charge is -2.26. The number of aliphatic imine (C=N–C) groups is 1. The van der Waals surface area contributed by atoms with Gasteiger partial charge in [0.1, 0.15) is 5.71 Å². The van der Waals surface area contributed by atoms with E-state index in [9.17, 15) is 13.2 Å². The number of carbonyl (C=O) groups is 1. The van der Waals surface area contributed by atoms with Gasteiger partial charge in [0, 0.05) is 31.1 Å². The molecule has 0 amide bonds. The van der Waals surface area contributed by atoms with Crippen LogP contribution in [-0.4, -0.2) is 56.2 Å². The second-order valence-electron chi connectivity index (χ2n) is 6.95. The van der Waals surface area contributed by atoms with Gasteiger partial charge in [0.15, 0.2) is 0 Å². The highest BCUT2D eigenvalue weighted by molar-refractivity contribution is 7.89. The first-order chi connectivity index (χ1) is 15.9. The molecule has 10 heteroatoms. The topological polar surface area (TPSA) is 138 Å². The molecule has 0 saturated carbocycles. The minimum atomic E-state index is -3.57. The summed E-state index contributed by atoms with van der Waals surface area (Å²) in [4.78, 5) is 16.9. The molecule has 0 unspecified atom stereocenters.